The van der Waals surface area contributed by atoms with Gasteiger partial charge in [0.05, 0.1) is 12.9 Å². The van der Waals surface area contributed by atoms with Gasteiger partial charge in [-0.3, -0.25) is 0 Å². The molecule has 0 atom stereocenters. The Morgan fingerprint density at radius 3 is 2.68 bits per heavy atom. The van der Waals surface area contributed by atoms with E-state index in [4.69, 9.17) is 4.74 Å². The number of hydrogen-bond donors (Lipinski definition) is 0. The van der Waals surface area contributed by atoms with E-state index in [0.717, 1.165) is 12.1 Å². The predicted molar refractivity (Wildman–Crippen MR) is 62.9 cm³/mol. The minimum absolute atomic E-state index is 0. The quantitative estimate of drug-likeness (QED) is 0.663. The van der Waals surface area contributed by atoms with Crippen molar-refractivity contribution in [3.05, 3.63) is 43.0 Å². The van der Waals surface area contributed by atoms with Crippen LogP contribution in [-0.4, -0.2) is 23.1 Å². The Morgan fingerprint density at radius 2 is 2.05 bits per heavy atom. The average molecular weight is 294 g/mol. The fraction of sp³-hybridized carbons (Fsp3) is 0.182. The summed E-state index contributed by atoms with van der Waals surface area (Å²) in [6, 6.07) is 4.92. The molecular formula is C11H11BF3KN2O. The second-order valence-electron chi connectivity index (χ2n) is 3.80. The molecule has 8 heteroatoms. The van der Waals surface area contributed by atoms with E-state index >= 15 is 0 Å². The summed E-state index contributed by atoms with van der Waals surface area (Å²) in [6.45, 7) is -4.14. The molecular weight excluding hydrogens is 283 g/mol. The van der Waals surface area contributed by atoms with Gasteiger partial charge in [0.15, 0.2) is 0 Å². The summed E-state index contributed by atoms with van der Waals surface area (Å²) >= 11 is 0. The third-order valence-corrected chi connectivity index (χ3v) is 2.41. The molecule has 0 spiro atoms. The van der Waals surface area contributed by atoms with Crippen LogP contribution >= 0.6 is 0 Å². The van der Waals surface area contributed by atoms with Crippen molar-refractivity contribution < 1.29 is 69.1 Å². The first-order valence-corrected chi connectivity index (χ1v) is 5.44. The Bertz CT molecular complexity index is 505. The largest absolute Gasteiger partial charge is 1.00 e. The first kappa shape index (κ1) is 16.8. The summed E-state index contributed by atoms with van der Waals surface area (Å²) in [5, 5.41) is 0. The molecule has 1 aromatic carbocycles. The van der Waals surface area contributed by atoms with Crippen LogP contribution in [-0.2, 0) is 6.54 Å². The number of nitrogens with zero attached hydrogens (tertiary/aromatic N) is 2. The van der Waals surface area contributed by atoms with Crippen LogP contribution in [0.2, 0.25) is 0 Å². The Balaban J connectivity index is 0.00000180. The summed E-state index contributed by atoms with van der Waals surface area (Å²) < 4.78 is 44.6. The third kappa shape index (κ3) is 5.31. The van der Waals surface area contributed by atoms with Crippen LogP contribution in [0.25, 0.3) is 0 Å². The molecule has 19 heavy (non-hydrogen) atoms. The Kier molecular flexibility index (Phi) is 6.61. The summed E-state index contributed by atoms with van der Waals surface area (Å²) in [4.78, 5) is 3.86. The summed E-state index contributed by atoms with van der Waals surface area (Å²) in [6.07, 6.45) is 5.02. The van der Waals surface area contributed by atoms with E-state index in [1.165, 1.54) is 12.1 Å². The average Bonchev–Trinajstić information content (AvgIpc) is 2.81. The first-order chi connectivity index (χ1) is 8.55. The molecule has 0 amide bonds. The van der Waals surface area contributed by atoms with Gasteiger partial charge in [-0.1, -0.05) is 12.1 Å². The van der Waals surface area contributed by atoms with Crippen LogP contribution in [0.5, 0.6) is 5.75 Å². The van der Waals surface area contributed by atoms with E-state index in [0.29, 0.717) is 13.2 Å². The van der Waals surface area contributed by atoms with Crippen LogP contribution in [0.1, 0.15) is 0 Å². The van der Waals surface area contributed by atoms with E-state index < -0.39 is 12.4 Å². The summed E-state index contributed by atoms with van der Waals surface area (Å²) in [5.41, 5.74) is -0.643. The zero-order valence-corrected chi connectivity index (χ0v) is 13.6. The maximum Gasteiger partial charge on any atom is 1.00 e. The van der Waals surface area contributed by atoms with E-state index in [9.17, 15) is 12.9 Å². The molecule has 0 bridgehead atoms. The molecule has 0 saturated carbocycles. The molecule has 0 aliphatic heterocycles. The van der Waals surface area contributed by atoms with E-state index in [1.807, 2.05) is 0 Å². The zero-order valence-electron chi connectivity index (χ0n) is 10.5. The smallest absolute Gasteiger partial charge is 0.492 e. The van der Waals surface area contributed by atoms with Gasteiger partial charge in [-0.05, 0) is 12.1 Å². The van der Waals surface area contributed by atoms with E-state index in [2.05, 4.69) is 4.98 Å². The number of imidazole rings is 1. The molecule has 0 N–H and O–H groups in total. The van der Waals surface area contributed by atoms with Crippen molar-refractivity contribution in [2.75, 3.05) is 6.61 Å². The van der Waals surface area contributed by atoms with Crippen molar-refractivity contribution in [3.8, 4) is 5.75 Å². The van der Waals surface area contributed by atoms with Crippen LogP contribution in [0.15, 0.2) is 43.0 Å². The van der Waals surface area contributed by atoms with Crippen LogP contribution in [0.3, 0.4) is 0 Å². The molecule has 1 heterocycles. The third-order valence-electron chi connectivity index (χ3n) is 2.41. The van der Waals surface area contributed by atoms with Gasteiger partial charge in [-0.2, -0.15) is 0 Å². The van der Waals surface area contributed by atoms with Crippen molar-refractivity contribution in [2.24, 2.45) is 0 Å². The molecule has 0 saturated heterocycles. The Labute approximate surface area is 151 Å². The minimum Gasteiger partial charge on any atom is -0.492 e. The van der Waals surface area contributed by atoms with Crippen LogP contribution < -0.4 is 61.6 Å². The van der Waals surface area contributed by atoms with Gasteiger partial charge in [0.2, 0.25) is 0 Å². The van der Waals surface area contributed by atoms with Crippen molar-refractivity contribution in [1.29, 1.82) is 0 Å². The van der Waals surface area contributed by atoms with Gasteiger partial charge in [0, 0.05) is 12.4 Å². The van der Waals surface area contributed by atoms with Crippen LogP contribution in [0.4, 0.5) is 12.9 Å². The molecule has 2 rings (SSSR count). The number of benzene rings is 1. The number of aromatic nitrogens is 2. The fourth-order valence-electron chi connectivity index (χ4n) is 1.50. The van der Waals surface area contributed by atoms with E-state index in [1.54, 1.807) is 23.3 Å². The fourth-order valence-corrected chi connectivity index (χ4v) is 1.50. The van der Waals surface area contributed by atoms with Gasteiger partial charge in [0.1, 0.15) is 12.4 Å². The van der Waals surface area contributed by atoms with Crippen molar-refractivity contribution in [2.45, 2.75) is 6.54 Å². The molecule has 3 nitrogen and oxygen atoms in total. The molecule has 96 valence electrons. The van der Waals surface area contributed by atoms with Crippen molar-refractivity contribution in [3.63, 3.8) is 0 Å². The number of ether oxygens (including phenoxy) is 1. The Hall–Kier alpha value is -0.279. The molecule has 0 aliphatic rings. The summed E-state index contributed by atoms with van der Waals surface area (Å²) in [5.74, 6) is 0.229. The van der Waals surface area contributed by atoms with E-state index in [-0.39, 0.29) is 57.1 Å². The Morgan fingerprint density at radius 1 is 1.26 bits per heavy atom. The molecule has 1 aromatic heterocycles. The van der Waals surface area contributed by atoms with Crippen LogP contribution in [0, 0.1) is 0 Å². The second-order valence-corrected chi connectivity index (χ2v) is 3.80. The standard InChI is InChI=1S/C11H11BF3N2O.K/c13-12(14,15)10-2-1-3-11(8-10)18-7-6-17-5-4-16-9-17;/h1-5,8-9H,6-7H2;/q-1;+1. The van der Waals surface area contributed by atoms with Gasteiger partial charge in [-0.25, -0.2) is 4.98 Å². The topological polar surface area (TPSA) is 27.1 Å². The molecule has 0 unspecified atom stereocenters. The van der Waals surface area contributed by atoms with Gasteiger partial charge in [0.25, 0.3) is 0 Å². The molecule has 0 aliphatic carbocycles. The van der Waals surface area contributed by atoms with Crippen molar-refractivity contribution >= 4 is 12.4 Å². The SMILES string of the molecule is F[B-](F)(F)c1cccc(OCCn2ccnc2)c1.[K+]. The molecule has 2 aromatic rings. The number of halogens is 3. The first-order valence-electron chi connectivity index (χ1n) is 5.44. The minimum atomic E-state index is -4.98. The monoisotopic (exact) mass is 294 g/mol. The van der Waals surface area contributed by atoms with Gasteiger partial charge >= 0.3 is 58.4 Å². The predicted octanol–water partition coefficient (Wildman–Crippen LogP) is -0.980. The number of rotatable bonds is 5. The van der Waals surface area contributed by atoms with Gasteiger partial charge in [-0.15, -0.1) is 5.46 Å². The zero-order chi connectivity index (χ0) is 13.0. The molecule has 0 radical (unpaired) electrons. The maximum atomic E-state index is 12.5. The number of hydrogen-bond acceptors (Lipinski definition) is 2. The summed E-state index contributed by atoms with van der Waals surface area (Å²) in [7, 11) is 0. The maximum absolute atomic E-state index is 12.5. The van der Waals surface area contributed by atoms with Crippen molar-refractivity contribution in [1.82, 2.24) is 9.55 Å². The second kappa shape index (κ2) is 7.49. The normalized spacial score (nSPS) is 10.9. The molecule has 0 fully saturated rings. The van der Waals surface area contributed by atoms with Gasteiger partial charge < -0.3 is 22.3 Å².